The second-order valence-electron chi connectivity index (χ2n) is 4.66. The maximum atomic E-state index is 12.9. The molecule has 0 spiro atoms. The normalized spacial score (nSPS) is 11.6. The molecule has 0 saturated carbocycles. The molecule has 1 aromatic carbocycles. The van der Waals surface area contributed by atoms with E-state index in [1.54, 1.807) is 17.5 Å². The maximum absolute atomic E-state index is 12.9. The van der Waals surface area contributed by atoms with Gasteiger partial charge in [0.1, 0.15) is 23.6 Å². The summed E-state index contributed by atoms with van der Waals surface area (Å²) in [5.74, 6) is -0.987. The number of hydrogen-bond acceptors (Lipinski definition) is 6. The third kappa shape index (κ3) is 3.67. The number of nitrogens with zero attached hydrogens (tertiary/aromatic N) is 3. The van der Waals surface area contributed by atoms with Crippen LogP contribution in [0.25, 0.3) is 5.76 Å². The highest BCUT2D eigenvalue weighted by atomic mass is 32.1. The van der Waals surface area contributed by atoms with Gasteiger partial charge in [-0.25, -0.2) is 14.4 Å². The van der Waals surface area contributed by atoms with Crippen molar-refractivity contribution in [3.63, 3.8) is 0 Å². The van der Waals surface area contributed by atoms with E-state index < -0.39 is 5.78 Å². The number of aliphatic hydroxyl groups excluding tert-OH is 1. The van der Waals surface area contributed by atoms with Gasteiger partial charge in [-0.3, -0.25) is 9.89 Å². The number of rotatable bonds is 5. The topological polar surface area (TPSA) is 91.8 Å². The van der Waals surface area contributed by atoms with Gasteiger partial charge in [-0.1, -0.05) is 12.1 Å². The number of benzene rings is 1. The summed E-state index contributed by atoms with van der Waals surface area (Å²) >= 11 is 1.35. The van der Waals surface area contributed by atoms with Crippen LogP contribution in [0.3, 0.4) is 0 Å². The Morgan fingerprint density at radius 2 is 2.13 bits per heavy atom. The van der Waals surface area contributed by atoms with Crippen LogP contribution in [0.2, 0.25) is 0 Å². The summed E-state index contributed by atoms with van der Waals surface area (Å²) in [7, 11) is 0. The zero-order valence-corrected chi connectivity index (χ0v) is 12.5. The van der Waals surface area contributed by atoms with Crippen LogP contribution in [-0.2, 0) is 6.42 Å². The number of aliphatic hydroxyl groups is 1. The Morgan fingerprint density at radius 1 is 1.35 bits per heavy atom. The van der Waals surface area contributed by atoms with Crippen LogP contribution in [0.15, 0.2) is 42.0 Å². The second-order valence-corrected chi connectivity index (χ2v) is 5.60. The number of allylic oxidation sites excluding steroid dienone is 1. The highest BCUT2D eigenvalue weighted by Crippen LogP contribution is 2.19. The monoisotopic (exact) mass is 330 g/mol. The van der Waals surface area contributed by atoms with Crippen molar-refractivity contribution in [3.8, 4) is 0 Å². The van der Waals surface area contributed by atoms with Crippen LogP contribution >= 0.6 is 11.3 Å². The molecule has 0 saturated heterocycles. The van der Waals surface area contributed by atoms with Gasteiger partial charge >= 0.3 is 0 Å². The second kappa shape index (κ2) is 6.49. The van der Waals surface area contributed by atoms with E-state index in [1.165, 1.54) is 29.8 Å². The van der Waals surface area contributed by atoms with Crippen LogP contribution in [0.4, 0.5) is 4.39 Å². The third-order valence-corrected chi connectivity index (χ3v) is 3.85. The summed E-state index contributed by atoms with van der Waals surface area (Å²) < 4.78 is 12.9. The fraction of sp³-hybridized carbons (Fsp3) is 0.0667. The molecule has 116 valence electrons. The quantitative estimate of drug-likeness (QED) is 0.426. The Kier molecular flexibility index (Phi) is 4.24. The first-order valence-corrected chi connectivity index (χ1v) is 7.49. The average Bonchev–Trinajstić information content (AvgIpc) is 3.21. The fourth-order valence-electron chi connectivity index (χ4n) is 1.88. The molecule has 0 aliphatic heterocycles. The van der Waals surface area contributed by atoms with Crippen LogP contribution in [0.5, 0.6) is 0 Å². The number of halogens is 1. The first-order chi connectivity index (χ1) is 11.1. The van der Waals surface area contributed by atoms with Gasteiger partial charge in [0, 0.05) is 17.9 Å². The molecule has 0 bridgehead atoms. The number of H-pyrrole nitrogens is 1. The Bertz CT molecular complexity index is 841. The molecule has 6 nitrogen and oxygen atoms in total. The van der Waals surface area contributed by atoms with E-state index in [9.17, 15) is 14.3 Å². The van der Waals surface area contributed by atoms with E-state index >= 15 is 0 Å². The van der Waals surface area contributed by atoms with Gasteiger partial charge in [0.15, 0.2) is 5.82 Å². The Hall–Kier alpha value is -2.87. The van der Waals surface area contributed by atoms with Crippen molar-refractivity contribution in [2.45, 2.75) is 6.42 Å². The van der Waals surface area contributed by atoms with Crippen molar-refractivity contribution in [1.82, 2.24) is 20.2 Å². The third-order valence-electron chi connectivity index (χ3n) is 3.00. The van der Waals surface area contributed by atoms with Gasteiger partial charge in [-0.05, 0) is 17.7 Å². The van der Waals surface area contributed by atoms with E-state index in [-0.39, 0.29) is 17.4 Å². The Labute approximate surface area is 134 Å². The van der Waals surface area contributed by atoms with Crippen molar-refractivity contribution in [2.24, 2.45) is 0 Å². The molecule has 0 atom stereocenters. The van der Waals surface area contributed by atoms with E-state index in [1.807, 2.05) is 0 Å². The minimum atomic E-state index is -0.493. The van der Waals surface area contributed by atoms with Crippen LogP contribution < -0.4 is 0 Å². The van der Waals surface area contributed by atoms with Crippen LogP contribution in [-0.4, -0.2) is 31.1 Å². The molecule has 2 aromatic heterocycles. The lowest BCUT2D eigenvalue weighted by Gasteiger charge is -1.97. The largest absolute Gasteiger partial charge is 0.506 e. The highest BCUT2D eigenvalue weighted by molar-refractivity contribution is 7.09. The first kappa shape index (κ1) is 15.0. The van der Waals surface area contributed by atoms with E-state index in [2.05, 4.69) is 20.2 Å². The standard InChI is InChI=1S/C15H11FN4O2S/c16-10-3-1-9(2-4-10)5-14-19-11(7-23-14)12(21)6-13(22)15-17-8-18-20-15/h1-4,6-8,21H,5H2,(H,17,18,20). The van der Waals surface area contributed by atoms with Crippen molar-refractivity contribution >= 4 is 22.9 Å². The lowest BCUT2D eigenvalue weighted by Crippen LogP contribution is -1.99. The predicted octanol–water partition coefficient (Wildman–Crippen LogP) is 2.77. The number of carbonyl (C=O) groups excluding carboxylic acids is 1. The number of thiazole rings is 1. The summed E-state index contributed by atoms with van der Waals surface area (Å²) in [6.45, 7) is 0. The number of nitrogens with one attached hydrogen (secondary N) is 1. The zero-order chi connectivity index (χ0) is 16.2. The minimum Gasteiger partial charge on any atom is -0.506 e. The minimum absolute atomic E-state index is 0.0401. The number of aromatic nitrogens is 4. The van der Waals surface area contributed by atoms with Gasteiger partial charge in [-0.15, -0.1) is 11.3 Å². The van der Waals surface area contributed by atoms with Gasteiger partial charge in [0.2, 0.25) is 5.78 Å². The molecule has 0 aliphatic rings. The molecule has 2 heterocycles. The number of ketones is 1. The average molecular weight is 330 g/mol. The summed E-state index contributed by atoms with van der Waals surface area (Å²) in [6.07, 6.45) is 2.77. The summed E-state index contributed by atoms with van der Waals surface area (Å²) in [5.41, 5.74) is 1.22. The summed E-state index contributed by atoms with van der Waals surface area (Å²) in [4.78, 5) is 19.8. The van der Waals surface area contributed by atoms with Crippen molar-refractivity contribution in [2.75, 3.05) is 0 Å². The molecule has 0 fully saturated rings. The summed E-state index contributed by atoms with van der Waals surface area (Å²) in [6, 6.07) is 6.13. The van der Waals surface area contributed by atoms with E-state index in [0.29, 0.717) is 12.1 Å². The number of hydrogen-bond donors (Lipinski definition) is 2. The van der Waals surface area contributed by atoms with Crippen LogP contribution in [0.1, 0.15) is 26.9 Å². The number of carbonyl (C=O) groups is 1. The van der Waals surface area contributed by atoms with Gasteiger partial charge in [-0.2, -0.15) is 5.10 Å². The molecule has 8 heteroatoms. The molecule has 2 N–H and O–H groups in total. The number of aromatic amines is 1. The smallest absolute Gasteiger partial charge is 0.226 e. The molecule has 0 unspecified atom stereocenters. The molecule has 0 amide bonds. The van der Waals surface area contributed by atoms with Crippen LogP contribution in [0, 0.1) is 5.82 Å². The van der Waals surface area contributed by atoms with Gasteiger partial charge in [0.05, 0.1) is 5.01 Å². The molecular weight excluding hydrogens is 319 g/mol. The first-order valence-electron chi connectivity index (χ1n) is 6.61. The lowest BCUT2D eigenvalue weighted by molar-refractivity contribution is 0.103. The van der Waals surface area contributed by atoms with Gasteiger partial charge < -0.3 is 5.11 Å². The van der Waals surface area contributed by atoms with Crippen molar-refractivity contribution in [1.29, 1.82) is 0 Å². The molecule has 23 heavy (non-hydrogen) atoms. The predicted molar refractivity (Wildman–Crippen MR) is 82.6 cm³/mol. The van der Waals surface area contributed by atoms with Crippen molar-refractivity contribution in [3.05, 3.63) is 70.0 Å². The molecule has 3 rings (SSSR count). The molecule has 0 aliphatic carbocycles. The lowest BCUT2D eigenvalue weighted by atomic mass is 10.1. The SMILES string of the molecule is O=C(C=C(O)c1csc(Cc2ccc(F)cc2)n1)c1ncn[nH]1. The van der Waals surface area contributed by atoms with E-state index in [0.717, 1.165) is 16.6 Å². The fourth-order valence-corrected chi connectivity index (χ4v) is 2.70. The Balaban J connectivity index is 1.73. The molecular formula is C15H11FN4O2S. The highest BCUT2D eigenvalue weighted by Gasteiger charge is 2.11. The Morgan fingerprint density at radius 3 is 2.83 bits per heavy atom. The molecule has 0 radical (unpaired) electrons. The maximum Gasteiger partial charge on any atom is 0.226 e. The summed E-state index contributed by atoms with van der Waals surface area (Å²) in [5, 5.41) is 18.4. The van der Waals surface area contributed by atoms with Crippen molar-refractivity contribution < 1.29 is 14.3 Å². The molecule has 3 aromatic rings. The zero-order valence-electron chi connectivity index (χ0n) is 11.7. The van der Waals surface area contributed by atoms with E-state index in [4.69, 9.17) is 0 Å². The van der Waals surface area contributed by atoms with Gasteiger partial charge in [0.25, 0.3) is 0 Å².